The summed E-state index contributed by atoms with van der Waals surface area (Å²) in [6.07, 6.45) is 8.02. The van der Waals surface area contributed by atoms with Crippen molar-refractivity contribution in [1.82, 2.24) is 25.1 Å². The van der Waals surface area contributed by atoms with Crippen molar-refractivity contribution in [1.29, 1.82) is 0 Å². The Morgan fingerprint density at radius 2 is 1.88 bits per heavy atom. The number of aromatic nitrogens is 5. The number of pyridine rings is 1. The molecule has 0 aliphatic heterocycles. The molecule has 3 aromatic heterocycles. The summed E-state index contributed by atoms with van der Waals surface area (Å²) in [7, 11) is 0. The molecule has 1 aliphatic rings. The van der Waals surface area contributed by atoms with Crippen molar-refractivity contribution >= 4 is 5.82 Å². The van der Waals surface area contributed by atoms with E-state index in [1.54, 1.807) is 24.7 Å². The maximum Gasteiger partial charge on any atom is 0.148 e. The van der Waals surface area contributed by atoms with Gasteiger partial charge in [0.2, 0.25) is 0 Å². The minimum atomic E-state index is -0.267. The number of halogens is 1. The monoisotopic (exact) mass is 350 g/mol. The Morgan fingerprint density at radius 1 is 1.08 bits per heavy atom. The van der Waals surface area contributed by atoms with Gasteiger partial charge in [-0.25, -0.2) is 14.4 Å². The first-order valence-corrected chi connectivity index (χ1v) is 8.64. The molecule has 0 atom stereocenters. The molecule has 3 heterocycles. The molecule has 0 saturated heterocycles. The number of hydrogen-bond donors (Lipinski definition) is 1. The lowest BCUT2D eigenvalue weighted by Gasteiger charge is -2.41. The van der Waals surface area contributed by atoms with Crippen molar-refractivity contribution in [3.63, 3.8) is 0 Å². The second kappa shape index (κ2) is 6.74. The molecule has 3 aromatic rings. The van der Waals surface area contributed by atoms with Crippen LogP contribution in [0.2, 0.25) is 0 Å². The van der Waals surface area contributed by atoms with E-state index in [1.807, 2.05) is 19.1 Å². The molecule has 0 aromatic carbocycles. The van der Waals surface area contributed by atoms with Gasteiger partial charge in [-0.05, 0) is 44.0 Å². The first-order chi connectivity index (χ1) is 12.7. The van der Waals surface area contributed by atoms with Gasteiger partial charge in [-0.2, -0.15) is 0 Å². The second-order valence-electron chi connectivity index (χ2n) is 6.64. The van der Waals surface area contributed by atoms with Crippen molar-refractivity contribution in [2.75, 3.05) is 11.9 Å². The molecule has 132 valence electrons. The maximum absolute atomic E-state index is 14.2. The van der Waals surface area contributed by atoms with Gasteiger partial charge >= 0.3 is 0 Å². The molecule has 0 amide bonds. The number of aryl methyl sites for hydroxylation is 1. The molecule has 1 saturated carbocycles. The van der Waals surface area contributed by atoms with Crippen LogP contribution in [0.1, 0.15) is 30.8 Å². The molecule has 0 radical (unpaired) electrons. The smallest absolute Gasteiger partial charge is 0.148 e. The highest BCUT2D eigenvalue weighted by Gasteiger charge is 2.41. The summed E-state index contributed by atoms with van der Waals surface area (Å²) < 4.78 is 14.2. The van der Waals surface area contributed by atoms with Crippen molar-refractivity contribution in [3.8, 4) is 11.3 Å². The summed E-state index contributed by atoms with van der Waals surface area (Å²) in [6, 6.07) is 6.83. The summed E-state index contributed by atoms with van der Waals surface area (Å²) in [5, 5.41) is 11.7. The third-order valence-electron chi connectivity index (χ3n) is 4.92. The average molecular weight is 350 g/mol. The van der Waals surface area contributed by atoms with Gasteiger partial charge in [0.25, 0.3) is 0 Å². The maximum atomic E-state index is 14.2. The molecule has 0 bridgehead atoms. The number of anilines is 1. The van der Waals surface area contributed by atoms with E-state index in [0.29, 0.717) is 29.6 Å². The summed E-state index contributed by atoms with van der Waals surface area (Å²) >= 11 is 0. The van der Waals surface area contributed by atoms with Crippen molar-refractivity contribution in [3.05, 3.63) is 60.2 Å². The van der Waals surface area contributed by atoms with Gasteiger partial charge in [0.15, 0.2) is 0 Å². The lowest BCUT2D eigenvalue weighted by molar-refractivity contribution is 0.243. The molecular weight excluding hydrogens is 331 g/mol. The van der Waals surface area contributed by atoms with Crippen LogP contribution >= 0.6 is 0 Å². The summed E-state index contributed by atoms with van der Waals surface area (Å²) in [4.78, 5) is 12.6. The quantitative estimate of drug-likeness (QED) is 0.761. The lowest BCUT2D eigenvalue weighted by atomic mass is 9.66. The fourth-order valence-electron chi connectivity index (χ4n) is 3.24. The number of nitrogens with zero attached hydrogens (tertiary/aromatic N) is 5. The molecule has 1 fully saturated rings. The van der Waals surface area contributed by atoms with Gasteiger partial charge in [0.1, 0.15) is 17.5 Å². The largest absolute Gasteiger partial charge is 0.368 e. The Balaban J connectivity index is 1.47. The average Bonchev–Trinajstić information content (AvgIpc) is 2.63. The van der Waals surface area contributed by atoms with E-state index in [4.69, 9.17) is 0 Å². The van der Waals surface area contributed by atoms with E-state index in [-0.39, 0.29) is 11.2 Å². The molecule has 1 aliphatic carbocycles. The summed E-state index contributed by atoms with van der Waals surface area (Å²) in [5.74, 6) is 1.13. The molecule has 1 N–H and O–H groups in total. The van der Waals surface area contributed by atoms with E-state index in [2.05, 4.69) is 30.5 Å². The molecular formula is C19H19FN6. The van der Waals surface area contributed by atoms with E-state index in [9.17, 15) is 4.39 Å². The zero-order chi connectivity index (χ0) is 18.0. The van der Waals surface area contributed by atoms with E-state index in [1.165, 1.54) is 6.07 Å². The number of nitrogens with one attached hydrogen (secondary N) is 1. The normalized spacial score (nSPS) is 15.3. The van der Waals surface area contributed by atoms with E-state index < -0.39 is 0 Å². The molecule has 4 rings (SSSR count). The van der Waals surface area contributed by atoms with Crippen molar-refractivity contribution in [2.24, 2.45) is 0 Å². The van der Waals surface area contributed by atoms with Gasteiger partial charge in [-0.3, -0.25) is 4.98 Å². The van der Waals surface area contributed by atoms with Crippen molar-refractivity contribution < 1.29 is 4.39 Å². The fraction of sp³-hybridized carbons (Fsp3) is 0.316. The third-order valence-corrected chi connectivity index (χ3v) is 4.92. The second-order valence-corrected chi connectivity index (χ2v) is 6.64. The molecule has 0 unspecified atom stereocenters. The number of rotatable bonds is 5. The van der Waals surface area contributed by atoms with Crippen LogP contribution in [0.25, 0.3) is 11.3 Å². The first-order valence-electron chi connectivity index (χ1n) is 8.64. The number of hydrogen-bond acceptors (Lipinski definition) is 6. The van der Waals surface area contributed by atoms with Crippen LogP contribution in [0.3, 0.4) is 0 Å². The van der Waals surface area contributed by atoms with Crippen molar-refractivity contribution in [2.45, 2.75) is 31.6 Å². The van der Waals surface area contributed by atoms with Crippen LogP contribution in [0.5, 0.6) is 0 Å². The summed E-state index contributed by atoms with van der Waals surface area (Å²) in [6.45, 7) is 2.42. The first kappa shape index (κ1) is 16.5. The van der Waals surface area contributed by atoms with Crippen LogP contribution < -0.4 is 5.32 Å². The highest BCUT2D eigenvalue weighted by molar-refractivity contribution is 5.57. The zero-order valence-corrected chi connectivity index (χ0v) is 14.5. The standard InChI is InChI=1S/C19H19FN6/c1-13-22-10-14(11-23-13)16-5-6-17(26-25-16)24-12-19(7-3-8-19)18-15(20)4-2-9-21-18/h2,4-6,9-11H,3,7-8,12H2,1H3,(H,24,26). The van der Waals surface area contributed by atoms with E-state index >= 15 is 0 Å². The Morgan fingerprint density at radius 3 is 2.50 bits per heavy atom. The highest BCUT2D eigenvalue weighted by atomic mass is 19.1. The Hall–Kier alpha value is -2.96. The summed E-state index contributed by atoms with van der Waals surface area (Å²) in [5.41, 5.74) is 1.81. The Bertz CT molecular complexity index is 891. The Kier molecular flexibility index (Phi) is 4.28. The molecule has 0 spiro atoms. The van der Waals surface area contributed by atoms with Crippen LogP contribution in [0.15, 0.2) is 42.9 Å². The van der Waals surface area contributed by atoms with Crippen LogP contribution in [-0.2, 0) is 5.41 Å². The SMILES string of the molecule is Cc1ncc(-c2ccc(NCC3(c4ncccc4F)CCC3)nn2)cn1. The lowest BCUT2D eigenvalue weighted by Crippen LogP contribution is -2.42. The fourth-order valence-corrected chi connectivity index (χ4v) is 3.24. The van der Waals surface area contributed by atoms with E-state index in [0.717, 1.165) is 24.8 Å². The van der Waals surface area contributed by atoms with Gasteiger partial charge in [-0.1, -0.05) is 6.42 Å². The van der Waals surface area contributed by atoms with Gasteiger partial charge < -0.3 is 5.32 Å². The predicted molar refractivity (Wildman–Crippen MR) is 96.0 cm³/mol. The molecule has 7 heteroatoms. The molecule has 6 nitrogen and oxygen atoms in total. The van der Waals surface area contributed by atoms with Gasteiger partial charge in [0.05, 0.1) is 11.4 Å². The minimum Gasteiger partial charge on any atom is -0.368 e. The third kappa shape index (κ3) is 3.12. The minimum absolute atomic E-state index is 0.241. The highest BCUT2D eigenvalue weighted by Crippen LogP contribution is 2.43. The van der Waals surface area contributed by atoms with Gasteiger partial charge in [0, 0.05) is 36.1 Å². The molecule has 26 heavy (non-hydrogen) atoms. The predicted octanol–water partition coefficient (Wildman–Crippen LogP) is 3.31. The zero-order valence-electron chi connectivity index (χ0n) is 14.5. The van der Waals surface area contributed by atoms with Crippen LogP contribution in [0, 0.1) is 12.7 Å². The van der Waals surface area contributed by atoms with Crippen LogP contribution in [0.4, 0.5) is 10.2 Å². The Labute approximate surface area is 151 Å². The van der Waals surface area contributed by atoms with Gasteiger partial charge in [-0.15, -0.1) is 10.2 Å². The van der Waals surface area contributed by atoms with Crippen LogP contribution in [-0.4, -0.2) is 31.7 Å². The topological polar surface area (TPSA) is 76.5 Å².